The van der Waals surface area contributed by atoms with E-state index in [1.54, 1.807) is 0 Å². The summed E-state index contributed by atoms with van der Waals surface area (Å²) >= 11 is 0. The third kappa shape index (κ3) is 4.65. The molecule has 1 aromatic carbocycles. The van der Waals surface area contributed by atoms with Crippen LogP contribution in [0.2, 0.25) is 0 Å². The fourth-order valence-corrected chi connectivity index (χ4v) is 3.03. The van der Waals surface area contributed by atoms with Gasteiger partial charge in [-0.15, -0.1) is 0 Å². The first-order valence-electron chi connectivity index (χ1n) is 8.25. The molecule has 1 saturated heterocycles. The fourth-order valence-electron chi connectivity index (χ4n) is 3.03. The molecule has 1 fully saturated rings. The van der Waals surface area contributed by atoms with Crippen molar-refractivity contribution in [2.45, 2.75) is 19.5 Å². The van der Waals surface area contributed by atoms with Crippen LogP contribution >= 0.6 is 0 Å². The molecule has 2 heterocycles. The van der Waals surface area contributed by atoms with Crippen LogP contribution in [0.4, 0.5) is 0 Å². The van der Waals surface area contributed by atoms with E-state index in [1.165, 1.54) is 12.0 Å². The van der Waals surface area contributed by atoms with E-state index >= 15 is 0 Å². The molecule has 0 amide bonds. The third-order valence-electron chi connectivity index (χ3n) is 4.37. The van der Waals surface area contributed by atoms with Crippen molar-refractivity contribution in [3.8, 4) is 6.07 Å². The molecule has 5 heteroatoms. The van der Waals surface area contributed by atoms with Crippen molar-refractivity contribution in [1.82, 2.24) is 19.6 Å². The molecule has 3 rings (SSSR count). The van der Waals surface area contributed by atoms with Gasteiger partial charge < -0.3 is 4.90 Å². The van der Waals surface area contributed by atoms with Crippen molar-refractivity contribution < 1.29 is 0 Å². The lowest BCUT2D eigenvalue weighted by Crippen LogP contribution is -2.32. The molecule has 2 aromatic rings. The van der Waals surface area contributed by atoms with Crippen LogP contribution in [-0.2, 0) is 13.1 Å². The van der Waals surface area contributed by atoms with E-state index in [4.69, 9.17) is 5.26 Å². The van der Waals surface area contributed by atoms with Gasteiger partial charge in [-0.2, -0.15) is 10.4 Å². The van der Waals surface area contributed by atoms with E-state index in [2.05, 4.69) is 33.1 Å². The lowest BCUT2D eigenvalue weighted by atomic mass is 10.1. The van der Waals surface area contributed by atoms with E-state index in [0.717, 1.165) is 51.4 Å². The molecule has 0 unspecified atom stereocenters. The van der Waals surface area contributed by atoms with Crippen LogP contribution in [0.1, 0.15) is 17.5 Å². The molecule has 0 spiro atoms. The molecule has 23 heavy (non-hydrogen) atoms. The van der Waals surface area contributed by atoms with E-state index in [9.17, 15) is 0 Å². The summed E-state index contributed by atoms with van der Waals surface area (Å²) in [5.41, 5.74) is 2.02. The van der Waals surface area contributed by atoms with E-state index < -0.39 is 0 Å². The van der Waals surface area contributed by atoms with Gasteiger partial charge in [0.2, 0.25) is 0 Å². The predicted molar refractivity (Wildman–Crippen MR) is 89.7 cm³/mol. The Morgan fingerprint density at radius 1 is 1.00 bits per heavy atom. The molecule has 0 radical (unpaired) electrons. The molecule has 0 saturated carbocycles. The number of hydrogen-bond donors (Lipinski definition) is 0. The summed E-state index contributed by atoms with van der Waals surface area (Å²) in [6.45, 7) is 7.49. The molecular formula is C18H23N5. The van der Waals surface area contributed by atoms with Crippen LogP contribution in [0.15, 0.2) is 42.7 Å². The summed E-state index contributed by atoms with van der Waals surface area (Å²) in [6.07, 6.45) is 5.06. The van der Waals surface area contributed by atoms with Crippen LogP contribution in [0, 0.1) is 11.3 Å². The first-order valence-corrected chi connectivity index (χ1v) is 8.25. The SMILES string of the molecule is N#Cc1ccc(CN2CCCN(CCn3cccn3)CC2)cc1. The minimum atomic E-state index is 0.731. The molecule has 5 nitrogen and oxygen atoms in total. The Balaban J connectivity index is 1.46. The second-order valence-corrected chi connectivity index (χ2v) is 6.05. The fraction of sp³-hybridized carbons (Fsp3) is 0.444. The van der Waals surface area contributed by atoms with Crippen LogP contribution < -0.4 is 0 Å². The molecule has 120 valence electrons. The zero-order chi connectivity index (χ0) is 15.9. The van der Waals surface area contributed by atoms with Gasteiger partial charge in [0, 0.05) is 38.6 Å². The summed E-state index contributed by atoms with van der Waals surface area (Å²) in [4.78, 5) is 5.04. The van der Waals surface area contributed by atoms with Crippen molar-refractivity contribution in [2.24, 2.45) is 0 Å². The van der Waals surface area contributed by atoms with Crippen LogP contribution in [0.3, 0.4) is 0 Å². The molecule has 0 N–H and O–H groups in total. The molecule has 1 aromatic heterocycles. The summed E-state index contributed by atoms with van der Waals surface area (Å²) in [5.74, 6) is 0. The maximum absolute atomic E-state index is 8.86. The Hall–Kier alpha value is -2.16. The van der Waals surface area contributed by atoms with Gasteiger partial charge in [0.05, 0.1) is 18.2 Å². The topological polar surface area (TPSA) is 48.1 Å². The van der Waals surface area contributed by atoms with Gasteiger partial charge in [0.1, 0.15) is 0 Å². The van der Waals surface area contributed by atoms with Crippen LogP contribution in [0.25, 0.3) is 0 Å². The number of hydrogen-bond acceptors (Lipinski definition) is 4. The average molecular weight is 309 g/mol. The smallest absolute Gasteiger partial charge is 0.0991 e. The Morgan fingerprint density at radius 2 is 1.78 bits per heavy atom. The highest BCUT2D eigenvalue weighted by atomic mass is 15.3. The van der Waals surface area contributed by atoms with Crippen LogP contribution in [-0.4, -0.2) is 52.3 Å². The molecule has 0 bridgehead atoms. The van der Waals surface area contributed by atoms with Gasteiger partial charge in [-0.25, -0.2) is 0 Å². The highest BCUT2D eigenvalue weighted by Gasteiger charge is 2.14. The number of nitriles is 1. The monoisotopic (exact) mass is 309 g/mol. The third-order valence-corrected chi connectivity index (χ3v) is 4.37. The maximum atomic E-state index is 8.86. The molecule has 1 aliphatic rings. The van der Waals surface area contributed by atoms with E-state index in [1.807, 2.05) is 35.3 Å². The highest BCUT2D eigenvalue weighted by molar-refractivity contribution is 5.31. The van der Waals surface area contributed by atoms with Gasteiger partial charge in [-0.3, -0.25) is 9.58 Å². The highest BCUT2D eigenvalue weighted by Crippen LogP contribution is 2.10. The van der Waals surface area contributed by atoms with Gasteiger partial charge in [-0.1, -0.05) is 12.1 Å². The van der Waals surface area contributed by atoms with Crippen molar-refractivity contribution in [1.29, 1.82) is 5.26 Å². The number of nitrogens with zero attached hydrogens (tertiary/aromatic N) is 5. The Kier molecular flexibility index (Phi) is 5.41. The first-order chi connectivity index (χ1) is 11.3. The Labute approximate surface area is 137 Å². The summed E-state index contributed by atoms with van der Waals surface area (Å²) in [5, 5.41) is 13.1. The van der Waals surface area contributed by atoms with Gasteiger partial charge in [0.25, 0.3) is 0 Å². The number of aromatic nitrogens is 2. The summed E-state index contributed by atoms with van der Waals surface area (Å²) < 4.78 is 2.00. The first kappa shape index (κ1) is 15.7. The lowest BCUT2D eigenvalue weighted by molar-refractivity contribution is 0.244. The average Bonchev–Trinajstić information content (AvgIpc) is 3.01. The Bertz CT molecular complexity index is 626. The van der Waals surface area contributed by atoms with E-state index in [0.29, 0.717) is 0 Å². The minimum absolute atomic E-state index is 0.731. The second-order valence-electron chi connectivity index (χ2n) is 6.05. The predicted octanol–water partition coefficient (Wildman–Crippen LogP) is 1.96. The second kappa shape index (κ2) is 7.91. The maximum Gasteiger partial charge on any atom is 0.0991 e. The lowest BCUT2D eigenvalue weighted by Gasteiger charge is -2.21. The van der Waals surface area contributed by atoms with Crippen molar-refractivity contribution in [2.75, 3.05) is 32.7 Å². The zero-order valence-electron chi connectivity index (χ0n) is 13.4. The summed E-state index contributed by atoms with van der Waals surface area (Å²) in [6, 6.07) is 12.1. The molecule has 0 aliphatic carbocycles. The largest absolute Gasteiger partial charge is 0.300 e. The zero-order valence-corrected chi connectivity index (χ0v) is 13.4. The number of benzene rings is 1. The standard InChI is InChI=1S/C18H23N5/c19-15-17-3-5-18(6-4-17)16-22-9-2-8-21(11-12-22)13-14-23-10-1-7-20-23/h1,3-7,10H,2,8-9,11-14,16H2. The Morgan fingerprint density at radius 3 is 2.52 bits per heavy atom. The van der Waals surface area contributed by atoms with Crippen molar-refractivity contribution in [3.05, 3.63) is 53.9 Å². The molecular weight excluding hydrogens is 286 g/mol. The molecule has 0 atom stereocenters. The van der Waals surface area contributed by atoms with Gasteiger partial charge >= 0.3 is 0 Å². The van der Waals surface area contributed by atoms with Crippen molar-refractivity contribution >= 4 is 0 Å². The van der Waals surface area contributed by atoms with E-state index in [-0.39, 0.29) is 0 Å². The number of rotatable bonds is 5. The normalized spacial score (nSPS) is 16.8. The molecule has 1 aliphatic heterocycles. The van der Waals surface area contributed by atoms with Crippen molar-refractivity contribution in [3.63, 3.8) is 0 Å². The summed E-state index contributed by atoms with van der Waals surface area (Å²) in [7, 11) is 0. The van der Waals surface area contributed by atoms with Gasteiger partial charge in [0.15, 0.2) is 0 Å². The van der Waals surface area contributed by atoms with Gasteiger partial charge in [-0.05, 0) is 43.3 Å². The minimum Gasteiger partial charge on any atom is -0.300 e. The van der Waals surface area contributed by atoms with Crippen LogP contribution in [0.5, 0.6) is 0 Å². The quantitative estimate of drug-likeness (QED) is 0.847.